The fourth-order valence-corrected chi connectivity index (χ4v) is 1.33. The molecule has 0 aromatic carbocycles. The first-order valence-electron chi connectivity index (χ1n) is 5.34. The van der Waals surface area contributed by atoms with Gasteiger partial charge in [-0.05, 0) is 6.42 Å². The molecule has 18 heavy (non-hydrogen) atoms. The van der Waals surface area contributed by atoms with Crippen LogP contribution < -0.4 is 0 Å². The maximum absolute atomic E-state index is 11.2. The summed E-state index contributed by atoms with van der Waals surface area (Å²) in [5, 5.41) is 0. The molecule has 2 N–H and O–H groups in total. The van der Waals surface area contributed by atoms with Gasteiger partial charge in [0.05, 0.1) is 6.61 Å². The molecule has 0 unspecified atom stereocenters. The molecule has 0 amide bonds. The number of hydrogen-bond acceptors (Lipinski definition) is 6. The van der Waals surface area contributed by atoms with Crippen LogP contribution in [-0.4, -0.2) is 41.5 Å². The van der Waals surface area contributed by atoms with Gasteiger partial charge in [-0.25, -0.2) is 4.57 Å². The summed E-state index contributed by atoms with van der Waals surface area (Å²) in [7, 11) is -4.64. The molecule has 0 aromatic rings. The second-order valence-corrected chi connectivity index (χ2v) is 4.67. The number of hydrogen-bond donors (Lipinski definition) is 2. The van der Waals surface area contributed by atoms with Crippen LogP contribution in [0.25, 0.3) is 0 Å². The standard InChI is InChI=1S/C9H17O8P/c1-2-3-4-9(11)15-5-8(16-7-10)6-17-18(12,13)14/h7-8H,2-6H2,1H3,(H2,12,13,14)/t8-/m1/s1. The number of esters is 1. The molecule has 0 spiro atoms. The van der Waals surface area contributed by atoms with Crippen molar-refractivity contribution < 1.29 is 37.9 Å². The molecule has 0 heterocycles. The van der Waals surface area contributed by atoms with Gasteiger partial charge in [0.15, 0.2) is 6.10 Å². The first-order chi connectivity index (χ1) is 8.39. The Labute approximate surface area is 104 Å². The van der Waals surface area contributed by atoms with E-state index in [4.69, 9.17) is 14.5 Å². The Morgan fingerprint density at radius 3 is 2.56 bits per heavy atom. The maximum Gasteiger partial charge on any atom is 0.469 e. The Morgan fingerprint density at radius 2 is 2.06 bits per heavy atom. The average Bonchev–Trinajstić information content (AvgIpc) is 2.29. The van der Waals surface area contributed by atoms with Crippen LogP contribution >= 0.6 is 7.82 Å². The van der Waals surface area contributed by atoms with Crippen LogP contribution in [-0.2, 0) is 28.2 Å². The average molecular weight is 284 g/mol. The van der Waals surface area contributed by atoms with E-state index in [0.717, 1.165) is 6.42 Å². The van der Waals surface area contributed by atoms with Crippen LogP contribution in [0.15, 0.2) is 0 Å². The van der Waals surface area contributed by atoms with Gasteiger partial charge < -0.3 is 19.3 Å². The van der Waals surface area contributed by atoms with Gasteiger partial charge in [0.2, 0.25) is 0 Å². The lowest BCUT2D eigenvalue weighted by Crippen LogP contribution is -2.26. The Balaban J connectivity index is 3.99. The zero-order valence-electron chi connectivity index (χ0n) is 9.98. The van der Waals surface area contributed by atoms with E-state index in [1.165, 1.54) is 0 Å². The molecule has 0 aliphatic heterocycles. The second-order valence-electron chi connectivity index (χ2n) is 3.43. The van der Waals surface area contributed by atoms with Crippen molar-refractivity contribution in [2.45, 2.75) is 32.3 Å². The molecule has 9 heteroatoms. The highest BCUT2D eigenvalue weighted by atomic mass is 31.2. The number of phosphoric acid groups is 1. The molecular formula is C9H17O8P. The van der Waals surface area contributed by atoms with Gasteiger partial charge in [-0.3, -0.25) is 14.1 Å². The molecule has 0 radical (unpaired) electrons. The number of phosphoric ester groups is 1. The summed E-state index contributed by atoms with van der Waals surface area (Å²) in [5.41, 5.74) is 0. The molecule has 0 aliphatic rings. The zero-order valence-corrected chi connectivity index (χ0v) is 10.9. The topological polar surface area (TPSA) is 119 Å². The van der Waals surface area contributed by atoms with Gasteiger partial charge in [-0.2, -0.15) is 0 Å². The van der Waals surface area contributed by atoms with Crippen molar-refractivity contribution in [2.75, 3.05) is 13.2 Å². The maximum atomic E-state index is 11.2. The summed E-state index contributed by atoms with van der Waals surface area (Å²) in [4.78, 5) is 38.2. The van der Waals surface area contributed by atoms with Crippen LogP contribution in [0.1, 0.15) is 26.2 Å². The molecule has 0 rings (SSSR count). The first kappa shape index (κ1) is 17.1. The molecule has 0 saturated heterocycles. The number of rotatable bonds is 10. The van der Waals surface area contributed by atoms with E-state index in [0.29, 0.717) is 6.42 Å². The third-order valence-electron chi connectivity index (χ3n) is 1.84. The smallest absolute Gasteiger partial charge is 0.462 e. The van der Waals surface area contributed by atoms with Gasteiger partial charge in [0, 0.05) is 6.42 Å². The Hall–Kier alpha value is -0.950. The van der Waals surface area contributed by atoms with E-state index in [2.05, 4.69) is 9.26 Å². The molecular weight excluding hydrogens is 267 g/mol. The predicted molar refractivity (Wildman–Crippen MR) is 59.4 cm³/mol. The van der Waals surface area contributed by atoms with Crippen molar-refractivity contribution in [3.8, 4) is 0 Å². The van der Waals surface area contributed by atoms with E-state index in [9.17, 15) is 14.2 Å². The second kappa shape index (κ2) is 9.04. The fourth-order valence-electron chi connectivity index (χ4n) is 0.965. The summed E-state index contributed by atoms with van der Waals surface area (Å²) in [6.45, 7) is 1.15. The highest BCUT2D eigenvalue weighted by molar-refractivity contribution is 7.46. The fraction of sp³-hybridized carbons (Fsp3) is 0.778. The van der Waals surface area contributed by atoms with Gasteiger partial charge >= 0.3 is 13.8 Å². The summed E-state index contributed by atoms with van der Waals surface area (Å²) in [5.74, 6) is -0.465. The normalized spacial score (nSPS) is 12.8. The molecule has 8 nitrogen and oxygen atoms in total. The van der Waals surface area contributed by atoms with Crippen molar-refractivity contribution in [3.63, 3.8) is 0 Å². The number of carbonyl (C=O) groups is 2. The molecule has 0 fully saturated rings. The van der Waals surface area contributed by atoms with Gasteiger partial charge in [0.25, 0.3) is 6.47 Å². The highest BCUT2D eigenvalue weighted by Crippen LogP contribution is 2.35. The van der Waals surface area contributed by atoms with Crippen molar-refractivity contribution in [3.05, 3.63) is 0 Å². The highest BCUT2D eigenvalue weighted by Gasteiger charge is 2.20. The van der Waals surface area contributed by atoms with Crippen molar-refractivity contribution in [1.82, 2.24) is 0 Å². The van der Waals surface area contributed by atoms with Crippen LogP contribution in [0, 0.1) is 0 Å². The van der Waals surface area contributed by atoms with Gasteiger partial charge in [-0.1, -0.05) is 13.3 Å². The van der Waals surface area contributed by atoms with Gasteiger partial charge in [-0.15, -0.1) is 0 Å². The summed E-state index contributed by atoms with van der Waals surface area (Å²) >= 11 is 0. The monoisotopic (exact) mass is 284 g/mol. The van der Waals surface area contributed by atoms with Crippen LogP contribution in [0.2, 0.25) is 0 Å². The third-order valence-corrected chi connectivity index (χ3v) is 2.33. The minimum absolute atomic E-state index is 0.0909. The Bertz CT molecular complexity index is 299. The lowest BCUT2D eigenvalue weighted by Gasteiger charge is -2.15. The predicted octanol–water partition coefficient (Wildman–Crippen LogP) is 0.371. The summed E-state index contributed by atoms with van der Waals surface area (Å²) in [6.07, 6.45) is 0.714. The summed E-state index contributed by atoms with van der Waals surface area (Å²) in [6, 6.07) is 0. The van der Waals surface area contributed by atoms with E-state index >= 15 is 0 Å². The number of carbonyl (C=O) groups excluding carboxylic acids is 2. The van der Waals surface area contributed by atoms with E-state index in [1.807, 2.05) is 6.92 Å². The first-order valence-corrected chi connectivity index (χ1v) is 6.87. The van der Waals surface area contributed by atoms with Crippen molar-refractivity contribution in [1.29, 1.82) is 0 Å². The summed E-state index contributed by atoms with van der Waals surface area (Å²) < 4.78 is 23.8. The minimum atomic E-state index is -4.64. The van der Waals surface area contributed by atoms with E-state index in [1.54, 1.807) is 0 Å². The quantitative estimate of drug-likeness (QED) is 0.335. The Kier molecular flexibility index (Phi) is 8.57. The lowest BCUT2D eigenvalue weighted by atomic mass is 10.2. The van der Waals surface area contributed by atoms with Crippen molar-refractivity contribution >= 4 is 20.3 Å². The number of unbranched alkanes of at least 4 members (excludes halogenated alkanes) is 1. The zero-order chi connectivity index (χ0) is 14.0. The molecule has 106 valence electrons. The van der Waals surface area contributed by atoms with Crippen LogP contribution in [0.3, 0.4) is 0 Å². The van der Waals surface area contributed by atoms with Gasteiger partial charge in [0.1, 0.15) is 6.61 Å². The SMILES string of the molecule is CCCCC(=O)OC[C@H](COP(=O)(O)O)OC=O. The van der Waals surface area contributed by atoms with E-state index < -0.39 is 26.5 Å². The molecule has 1 atom stereocenters. The lowest BCUT2D eigenvalue weighted by molar-refractivity contribution is -0.153. The third kappa shape index (κ3) is 10.2. The largest absolute Gasteiger partial charge is 0.469 e. The molecule has 0 saturated carbocycles. The van der Waals surface area contributed by atoms with Crippen molar-refractivity contribution in [2.24, 2.45) is 0 Å². The molecule has 0 bridgehead atoms. The Morgan fingerprint density at radius 1 is 1.39 bits per heavy atom. The minimum Gasteiger partial charge on any atom is -0.462 e. The molecule has 0 aliphatic carbocycles. The van der Waals surface area contributed by atoms with Crippen LogP contribution in [0.5, 0.6) is 0 Å². The van der Waals surface area contributed by atoms with Crippen LogP contribution in [0.4, 0.5) is 0 Å². The van der Waals surface area contributed by atoms with E-state index in [-0.39, 0.29) is 19.5 Å². The number of ether oxygens (including phenoxy) is 2. The molecule has 0 aromatic heterocycles.